The summed E-state index contributed by atoms with van der Waals surface area (Å²) in [4.78, 5) is 16.2. The van der Waals surface area contributed by atoms with E-state index in [2.05, 4.69) is 44.9 Å². The van der Waals surface area contributed by atoms with Crippen molar-refractivity contribution in [2.24, 2.45) is 5.92 Å². The summed E-state index contributed by atoms with van der Waals surface area (Å²) in [6.07, 6.45) is 6.59. The Hall–Kier alpha value is -2.88. The molecule has 4 heterocycles. The van der Waals surface area contributed by atoms with Gasteiger partial charge in [-0.15, -0.1) is 0 Å². The normalized spacial score (nSPS) is 23.8. The summed E-state index contributed by atoms with van der Waals surface area (Å²) in [5.74, 6) is 0.116. The van der Waals surface area contributed by atoms with Crippen molar-refractivity contribution in [2.45, 2.75) is 31.8 Å². The summed E-state index contributed by atoms with van der Waals surface area (Å²) in [5.41, 5.74) is 3.86. The number of anilines is 1. The number of rotatable bonds is 6. The van der Waals surface area contributed by atoms with E-state index < -0.39 is 0 Å². The lowest BCUT2D eigenvalue weighted by atomic mass is 9.97. The quantitative estimate of drug-likeness (QED) is 0.566. The number of nitrogens with zero attached hydrogens (tertiary/aromatic N) is 6. The SMILES string of the molecule is C=C(NC(C)=O)[C@H]1CC1n1cc(-n2ncc3cc(Cl)c(N4CCN(C5(C)COC5)CC4)cc32)cn1. The van der Waals surface area contributed by atoms with Crippen LogP contribution in [0.3, 0.4) is 0 Å². The highest BCUT2D eigenvalue weighted by atomic mass is 35.5. The van der Waals surface area contributed by atoms with Crippen LogP contribution in [0.5, 0.6) is 0 Å². The second kappa shape index (κ2) is 8.36. The number of carbonyl (C=O) groups excluding carboxylic acids is 1. The third kappa shape index (κ3) is 4.01. The summed E-state index contributed by atoms with van der Waals surface area (Å²) in [5, 5.41) is 13.8. The lowest BCUT2D eigenvalue weighted by Crippen LogP contribution is -2.64. The van der Waals surface area contributed by atoms with Gasteiger partial charge in [-0.05, 0) is 25.5 Å². The van der Waals surface area contributed by atoms with E-state index in [1.807, 2.05) is 34.0 Å². The van der Waals surface area contributed by atoms with E-state index in [-0.39, 0.29) is 23.4 Å². The molecule has 1 aromatic carbocycles. The van der Waals surface area contributed by atoms with Crippen LogP contribution in [0.25, 0.3) is 16.6 Å². The van der Waals surface area contributed by atoms with Gasteiger partial charge in [0.25, 0.3) is 0 Å². The van der Waals surface area contributed by atoms with Gasteiger partial charge in [-0.25, -0.2) is 4.68 Å². The zero-order valence-electron chi connectivity index (χ0n) is 20.1. The number of nitrogens with one attached hydrogen (secondary N) is 1. The third-order valence-electron chi connectivity index (χ3n) is 7.56. The molecule has 10 heteroatoms. The van der Waals surface area contributed by atoms with Crippen LogP contribution in [0.4, 0.5) is 5.69 Å². The average molecular weight is 496 g/mol. The second-order valence-electron chi connectivity index (χ2n) is 10.2. The molecule has 0 spiro atoms. The molecule has 35 heavy (non-hydrogen) atoms. The molecule has 1 saturated carbocycles. The van der Waals surface area contributed by atoms with Crippen LogP contribution in [0.15, 0.2) is 43.0 Å². The number of hydrogen-bond donors (Lipinski definition) is 1. The van der Waals surface area contributed by atoms with Crippen molar-refractivity contribution in [3.63, 3.8) is 0 Å². The van der Waals surface area contributed by atoms with E-state index in [1.165, 1.54) is 6.92 Å². The number of ether oxygens (including phenoxy) is 1. The predicted octanol–water partition coefficient (Wildman–Crippen LogP) is 3.00. The van der Waals surface area contributed by atoms with Crippen molar-refractivity contribution in [3.05, 3.63) is 48.0 Å². The number of piperazine rings is 1. The van der Waals surface area contributed by atoms with Gasteiger partial charge >= 0.3 is 0 Å². The molecule has 2 atom stereocenters. The first-order chi connectivity index (χ1) is 16.8. The van der Waals surface area contributed by atoms with Crippen molar-refractivity contribution in [3.8, 4) is 5.69 Å². The highest BCUT2D eigenvalue weighted by Gasteiger charge is 2.42. The number of aromatic nitrogens is 4. The minimum absolute atomic E-state index is 0.0908. The zero-order valence-corrected chi connectivity index (χ0v) is 20.8. The van der Waals surface area contributed by atoms with Crippen molar-refractivity contribution in [2.75, 3.05) is 44.3 Å². The third-order valence-corrected chi connectivity index (χ3v) is 7.86. The second-order valence-corrected chi connectivity index (χ2v) is 10.6. The molecule has 1 N–H and O–H groups in total. The molecule has 0 bridgehead atoms. The van der Waals surface area contributed by atoms with Crippen LogP contribution >= 0.6 is 11.6 Å². The molecule has 9 nitrogen and oxygen atoms in total. The first-order valence-corrected chi connectivity index (χ1v) is 12.5. The number of fused-ring (bicyclic) bond motifs is 1. The van der Waals surface area contributed by atoms with Crippen molar-refractivity contribution in [1.82, 2.24) is 29.8 Å². The van der Waals surface area contributed by atoms with Crippen LogP contribution in [-0.4, -0.2) is 75.3 Å². The summed E-state index contributed by atoms with van der Waals surface area (Å²) >= 11 is 6.73. The van der Waals surface area contributed by atoms with Crippen LogP contribution in [-0.2, 0) is 9.53 Å². The van der Waals surface area contributed by atoms with Gasteiger partial charge in [0, 0.05) is 50.1 Å². The molecule has 2 saturated heterocycles. The molecule has 1 unspecified atom stereocenters. The fraction of sp³-hybridized carbons (Fsp3) is 0.480. The molecular formula is C25H30ClN7O2. The molecule has 2 aromatic heterocycles. The molecule has 3 fully saturated rings. The molecular weight excluding hydrogens is 466 g/mol. The Kier molecular flexibility index (Phi) is 5.39. The van der Waals surface area contributed by atoms with E-state index in [9.17, 15) is 4.79 Å². The van der Waals surface area contributed by atoms with Gasteiger partial charge < -0.3 is 15.0 Å². The Labute approximate surface area is 209 Å². The van der Waals surface area contributed by atoms with Gasteiger partial charge in [0.15, 0.2) is 0 Å². The van der Waals surface area contributed by atoms with Crippen LogP contribution < -0.4 is 10.2 Å². The van der Waals surface area contributed by atoms with Crippen LogP contribution in [0.1, 0.15) is 26.3 Å². The largest absolute Gasteiger partial charge is 0.377 e. The topological polar surface area (TPSA) is 80.5 Å². The molecule has 0 radical (unpaired) electrons. The van der Waals surface area contributed by atoms with Crippen LogP contribution in [0, 0.1) is 5.92 Å². The monoisotopic (exact) mass is 495 g/mol. The Morgan fingerprint density at radius 1 is 1.20 bits per heavy atom. The Morgan fingerprint density at radius 3 is 2.66 bits per heavy atom. The molecule has 6 rings (SSSR count). The molecule has 184 valence electrons. The van der Waals surface area contributed by atoms with Gasteiger partial charge in [0.2, 0.25) is 5.91 Å². The standard InChI is InChI=1S/C25H30ClN7O2/c1-16(29-17(2)34)20-9-23(20)32-13-19(12-27-32)33-22-10-24(21(26)8-18(22)11-28-33)30-4-6-31(7-5-30)25(3)14-35-15-25/h8,10-13,20,23H,1,4-7,9,14-15H2,2-3H3,(H,29,34)/t20-,23?/m1/s1. The lowest BCUT2D eigenvalue weighted by molar-refractivity contribution is -0.131. The van der Waals surface area contributed by atoms with Crippen molar-refractivity contribution in [1.29, 1.82) is 0 Å². The van der Waals surface area contributed by atoms with Crippen molar-refractivity contribution >= 4 is 34.1 Å². The predicted molar refractivity (Wildman–Crippen MR) is 135 cm³/mol. The Morgan fingerprint density at radius 2 is 1.97 bits per heavy atom. The van der Waals surface area contributed by atoms with E-state index >= 15 is 0 Å². The summed E-state index contributed by atoms with van der Waals surface area (Å²) in [6.45, 7) is 13.2. The first kappa shape index (κ1) is 22.6. The molecule has 3 aromatic rings. The lowest BCUT2D eigenvalue weighted by Gasteiger charge is -2.50. The number of amides is 1. The number of halogens is 1. The van der Waals surface area contributed by atoms with Gasteiger partial charge in [-0.3, -0.25) is 14.4 Å². The summed E-state index contributed by atoms with van der Waals surface area (Å²) in [6, 6.07) is 4.35. The summed E-state index contributed by atoms with van der Waals surface area (Å²) in [7, 11) is 0. The number of benzene rings is 1. The van der Waals surface area contributed by atoms with E-state index in [0.29, 0.717) is 0 Å². The van der Waals surface area contributed by atoms with E-state index in [1.54, 1.807) is 0 Å². The minimum atomic E-state index is -0.0908. The van der Waals surface area contributed by atoms with Gasteiger partial charge in [0.05, 0.1) is 59.6 Å². The fourth-order valence-electron chi connectivity index (χ4n) is 5.34. The maximum Gasteiger partial charge on any atom is 0.220 e. The summed E-state index contributed by atoms with van der Waals surface area (Å²) < 4.78 is 9.32. The number of hydrogen-bond acceptors (Lipinski definition) is 6. The Bertz CT molecular complexity index is 1300. The van der Waals surface area contributed by atoms with Gasteiger partial charge in [-0.1, -0.05) is 18.2 Å². The highest BCUT2D eigenvalue weighted by molar-refractivity contribution is 6.34. The number of carbonyl (C=O) groups is 1. The van der Waals surface area contributed by atoms with E-state index in [4.69, 9.17) is 16.3 Å². The molecule has 1 amide bonds. The smallest absolute Gasteiger partial charge is 0.220 e. The highest BCUT2D eigenvalue weighted by Crippen LogP contribution is 2.46. The Balaban J connectivity index is 1.21. The fourth-order valence-corrected chi connectivity index (χ4v) is 5.63. The maximum absolute atomic E-state index is 11.3. The molecule has 2 aliphatic heterocycles. The van der Waals surface area contributed by atoms with E-state index in [0.717, 1.165) is 78.8 Å². The zero-order chi connectivity index (χ0) is 24.3. The molecule has 3 aliphatic rings. The average Bonchev–Trinajstić information content (AvgIpc) is 3.28. The first-order valence-electron chi connectivity index (χ1n) is 12.1. The van der Waals surface area contributed by atoms with Gasteiger partial charge in [0.1, 0.15) is 5.69 Å². The maximum atomic E-state index is 11.3. The molecule has 1 aliphatic carbocycles. The number of allylic oxidation sites excluding steroid dienone is 1. The van der Waals surface area contributed by atoms with Gasteiger partial charge in [-0.2, -0.15) is 10.2 Å². The van der Waals surface area contributed by atoms with Crippen LogP contribution in [0.2, 0.25) is 5.02 Å². The van der Waals surface area contributed by atoms with Crippen molar-refractivity contribution < 1.29 is 9.53 Å². The minimum Gasteiger partial charge on any atom is -0.377 e.